The molecular formula is C13H21NO. The highest BCUT2D eigenvalue weighted by atomic mass is 16.1. The lowest BCUT2D eigenvalue weighted by Crippen LogP contribution is -2.48. The molecule has 0 spiro atoms. The molecule has 4 saturated carbocycles. The van der Waals surface area contributed by atoms with Crippen LogP contribution in [0.25, 0.3) is 0 Å². The lowest BCUT2D eigenvalue weighted by Gasteiger charge is -2.53. The van der Waals surface area contributed by atoms with Gasteiger partial charge in [-0.25, -0.2) is 0 Å². The summed E-state index contributed by atoms with van der Waals surface area (Å²) in [6, 6.07) is 0. The van der Waals surface area contributed by atoms with E-state index in [0.29, 0.717) is 24.7 Å². The van der Waals surface area contributed by atoms with E-state index in [0.717, 1.165) is 23.7 Å². The summed E-state index contributed by atoms with van der Waals surface area (Å²) in [4.78, 5) is 12.1. The number of rotatable bonds is 3. The number of carbonyl (C=O) groups excluding carboxylic acids is 1. The van der Waals surface area contributed by atoms with Crippen molar-refractivity contribution in [2.45, 2.75) is 38.5 Å². The summed E-state index contributed by atoms with van der Waals surface area (Å²) in [5.74, 6) is 4.29. The van der Waals surface area contributed by atoms with E-state index < -0.39 is 0 Å². The Kier molecular flexibility index (Phi) is 2.35. The number of hydrogen-bond donors (Lipinski definition) is 1. The molecule has 0 aliphatic heterocycles. The number of Topliss-reactive ketones (excluding diaryl/α,β-unsaturated/α-hetero) is 1. The maximum absolute atomic E-state index is 12.1. The van der Waals surface area contributed by atoms with Gasteiger partial charge in [0.05, 0.1) is 0 Å². The van der Waals surface area contributed by atoms with Gasteiger partial charge in [0, 0.05) is 12.3 Å². The predicted octanol–water partition coefficient (Wildman–Crippen LogP) is 1.98. The van der Waals surface area contributed by atoms with Gasteiger partial charge < -0.3 is 5.73 Å². The molecule has 2 heteroatoms. The molecule has 0 atom stereocenters. The van der Waals surface area contributed by atoms with Crippen LogP contribution in [0.3, 0.4) is 0 Å². The van der Waals surface area contributed by atoms with E-state index in [-0.39, 0.29) is 0 Å². The van der Waals surface area contributed by atoms with Crippen LogP contribution in [0.5, 0.6) is 0 Å². The van der Waals surface area contributed by atoms with Crippen LogP contribution in [0.4, 0.5) is 0 Å². The van der Waals surface area contributed by atoms with Gasteiger partial charge in [0.15, 0.2) is 0 Å². The first-order valence-electron chi connectivity index (χ1n) is 6.50. The van der Waals surface area contributed by atoms with E-state index >= 15 is 0 Å². The van der Waals surface area contributed by atoms with E-state index in [1.54, 1.807) is 0 Å². The van der Waals surface area contributed by atoms with Crippen LogP contribution >= 0.6 is 0 Å². The zero-order valence-electron chi connectivity index (χ0n) is 9.32. The summed E-state index contributed by atoms with van der Waals surface area (Å²) in [5, 5.41) is 0. The molecule has 0 radical (unpaired) electrons. The van der Waals surface area contributed by atoms with Gasteiger partial charge >= 0.3 is 0 Å². The fourth-order valence-electron chi connectivity index (χ4n) is 4.76. The summed E-state index contributed by atoms with van der Waals surface area (Å²) >= 11 is 0. The average Bonchev–Trinajstić information content (AvgIpc) is 2.15. The normalized spacial score (nSPS) is 47.1. The number of ketones is 1. The van der Waals surface area contributed by atoms with Crippen molar-refractivity contribution in [1.82, 2.24) is 0 Å². The Morgan fingerprint density at radius 3 is 2.00 bits per heavy atom. The third-order valence-corrected chi connectivity index (χ3v) is 4.99. The molecule has 4 aliphatic rings. The van der Waals surface area contributed by atoms with Gasteiger partial charge in [0.25, 0.3) is 0 Å². The zero-order chi connectivity index (χ0) is 10.4. The Hall–Kier alpha value is -0.370. The fraction of sp³-hybridized carbons (Fsp3) is 0.923. The molecule has 4 fully saturated rings. The Bertz CT molecular complexity index is 246. The first-order valence-corrected chi connectivity index (χ1v) is 6.50. The zero-order valence-corrected chi connectivity index (χ0v) is 9.32. The first-order chi connectivity index (χ1) is 7.28. The van der Waals surface area contributed by atoms with Gasteiger partial charge in [-0.1, -0.05) is 0 Å². The second-order valence-electron chi connectivity index (χ2n) is 5.96. The van der Waals surface area contributed by atoms with Crippen molar-refractivity contribution in [3.63, 3.8) is 0 Å². The molecule has 0 aromatic heterocycles. The number of nitrogens with two attached hydrogens (primary N) is 1. The molecule has 0 saturated heterocycles. The molecule has 4 aliphatic carbocycles. The van der Waals surface area contributed by atoms with Crippen LogP contribution in [-0.2, 0) is 4.79 Å². The largest absolute Gasteiger partial charge is 0.330 e. The summed E-state index contributed by atoms with van der Waals surface area (Å²) in [6.45, 7) is 0.543. The van der Waals surface area contributed by atoms with Crippen molar-refractivity contribution in [2.75, 3.05) is 6.54 Å². The molecule has 0 aromatic carbocycles. The van der Waals surface area contributed by atoms with Gasteiger partial charge in [0.2, 0.25) is 0 Å². The molecule has 2 nitrogen and oxygen atoms in total. The Morgan fingerprint density at radius 2 is 1.53 bits per heavy atom. The molecule has 0 aromatic rings. The maximum Gasteiger partial charge on any atom is 0.137 e. The van der Waals surface area contributed by atoms with Crippen LogP contribution in [0, 0.1) is 29.6 Å². The van der Waals surface area contributed by atoms with E-state index in [1.807, 2.05) is 0 Å². The van der Waals surface area contributed by atoms with Gasteiger partial charge in [-0.05, 0) is 62.3 Å². The summed E-state index contributed by atoms with van der Waals surface area (Å²) < 4.78 is 0. The van der Waals surface area contributed by atoms with Crippen molar-refractivity contribution in [2.24, 2.45) is 35.3 Å². The molecule has 4 rings (SSSR count). The Labute approximate surface area is 91.6 Å². The van der Waals surface area contributed by atoms with Crippen molar-refractivity contribution in [3.05, 3.63) is 0 Å². The molecule has 4 bridgehead atoms. The molecule has 0 heterocycles. The van der Waals surface area contributed by atoms with Crippen LogP contribution in [0.15, 0.2) is 0 Å². The molecule has 2 N–H and O–H groups in total. The minimum Gasteiger partial charge on any atom is -0.330 e. The predicted molar refractivity (Wildman–Crippen MR) is 59.2 cm³/mol. The minimum atomic E-state index is 0.404. The highest BCUT2D eigenvalue weighted by Crippen LogP contribution is 2.56. The van der Waals surface area contributed by atoms with Crippen LogP contribution < -0.4 is 5.73 Å². The monoisotopic (exact) mass is 207 g/mol. The van der Waals surface area contributed by atoms with Crippen LogP contribution in [-0.4, -0.2) is 12.3 Å². The Balaban J connectivity index is 1.77. The minimum absolute atomic E-state index is 0.404. The summed E-state index contributed by atoms with van der Waals surface area (Å²) in [7, 11) is 0. The van der Waals surface area contributed by atoms with Gasteiger partial charge in [-0.3, -0.25) is 4.79 Å². The van der Waals surface area contributed by atoms with Crippen molar-refractivity contribution in [1.29, 1.82) is 0 Å². The third-order valence-electron chi connectivity index (χ3n) is 4.99. The smallest absolute Gasteiger partial charge is 0.137 e. The molecular weight excluding hydrogens is 186 g/mol. The Morgan fingerprint density at radius 1 is 1.00 bits per heavy atom. The quantitative estimate of drug-likeness (QED) is 0.769. The number of hydrogen-bond acceptors (Lipinski definition) is 2. The summed E-state index contributed by atoms with van der Waals surface area (Å²) in [5.41, 5.74) is 5.50. The van der Waals surface area contributed by atoms with Gasteiger partial charge in [-0.15, -0.1) is 0 Å². The summed E-state index contributed by atoms with van der Waals surface area (Å²) in [6.07, 6.45) is 7.45. The molecule has 0 amide bonds. The van der Waals surface area contributed by atoms with Crippen LogP contribution in [0.2, 0.25) is 0 Å². The fourth-order valence-corrected chi connectivity index (χ4v) is 4.76. The second kappa shape index (κ2) is 3.58. The van der Waals surface area contributed by atoms with Crippen molar-refractivity contribution < 1.29 is 4.79 Å². The highest BCUT2D eigenvalue weighted by molar-refractivity contribution is 5.82. The standard InChI is InChI=1S/C13H21NO/c14-2-1-12(15)13-10-4-8-3-9(6-10)7-11(13)5-8/h8-11,13H,1-7,14H2. The van der Waals surface area contributed by atoms with E-state index in [4.69, 9.17) is 5.73 Å². The van der Waals surface area contributed by atoms with E-state index in [9.17, 15) is 4.79 Å². The second-order valence-corrected chi connectivity index (χ2v) is 5.96. The van der Waals surface area contributed by atoms with Gasteiger partial charge in [0.1, 0.15) is 5.78 Å². The molecule has 15 heavy (non-hydrogen) atoms. The third kappa shape index (κ3) is 1.54. The molecule has 84 valence electrons. The van der Waals surface area contributed by atoms with Crippen molar-refractivity contribution in [3.8, 4) is 0 Å². The first kappa shape index (κ1) is 9.83. The van der Waals surface area contributed by atoms with Gasteiger partial charge in [-0.2, -0.15) is 0 Å². The SMILES string of the molecule is NCCC(=O)C1C2CC3CC(C2)CC1C3. The molecule has 0 unspecified atom stereocenters. The topological polar surface area (TPSA) is 43.1 Å². The average molecular weight is 207 g/mol. The maximum atomic E-state index is 12.1. The van der Waals surface area contributed by atoms with Crippen LogP contribution in [0.1, 0.15) is 38.5 Å². The van der Waals surface area contributed by atoms with Crippen molar-refractivity contribution >= 4 is 5.78 Å². The number of carbonyl (C=O) groups is 1. The highest BCUT2D eigenvalue weighted by Gasteiger charge is 2.50. The lowest BCUT2D eigenvalue weighted by molar-refractivity contribution is -0.135. The van der Waals surface area contributed by atoms with E-state index in [2.05, 4.69) is 0 Å². The van der Waals surface area contributed by atoms with E-state index in [1.165, 1.54) is 32.1 Å². The lowest BCUT2D eigenvalue weighted by atomic mass is 9.51.